The lowest BCUT2D eigenvalue weighted by Crippen LogP contribution is -2.38. The van der Waals surface area contributed by atoms with E-state index in [-0.39, 0.29) is 11.9 Å². The minimum Gasteiger partial charge on any atom is -0.378 e. The van der Waals surface area contributed by atoms with Gasteiger partial charge in [0.25, 0.3) is 5.91 Å². The molecule has 0 heterocycles. The maximum absolute atomic E-state index is 12.1. The van der Waals surface area contributed by atoms with Gasteiger partial charge in [0.1, 0.15) is 0 Å². The molecule has 0 aliphatic carbocycles. The van der Waals surface area contributed by atoms with E-state index in [0.29, 0.717) is 17.4 Å². The van der Waals surface area contributed by atoms with Crippen LogP contribution in [-0.4, -0.2) is 31.9 Å². The van der Waals surface area contributed by atoms with Gasteiger partial charge >= 0.3 is 0 Å². The second kappa shape index (κ2) is 7.39. The molecule has 0 aromatic heterocycles. The number of alkyl halides is 1. The van der Waals surface area contributed by atoms with Gasteiger partial charge in [0.15, 0.2) is 0 Å². The average molecular weight is 283 g/mol. The van der Waals surface area contributed by atoms with E-state index in [9.17, 15) is 4.79 Å². The van der Waals surface area contributed by atoms with Crippen LogP contribution in [0.3, 0.4) is 0 Å². The van der Waals surface area contributed by atoms with E-state index in [1.54, 1.807) is 0 Å². The zero-order chi connectivity index (χ0) is 14.4. The lowest BCUT2D eigenvalue weighted by molar-refractivity contribution is 0.0925. The van der Waals surface area contributed by atoms with Crippen LogP contribution in [0, 0.1) is 5.92 Å². The molecule has 1 unspecified atom stereocenters. The van der Waals surface area contributed by atoms with E-state index in [0.717, 1.165) is 12.1 Å². The van der Waals surface area contributed by atoms with Gasteiger partial charge in [-0.15, -0.1) is 11.6 Å². The van der Waals surface area contributed by atoms with Crippen molar-refractivity contribution in [1.29, 1.82) is 0 Å². The normalized spacial score (nSPS) is 12.3. The number of rotatable bonds is 6. The van der Waals surface area contributed by atoms with Crippen LogP contribution >= 0.6 is 11.6 Å². The first-order valence-electron chi connectivity index (χ1n) is 6.60. The molecule has 4 heteroatoms. The minimum atomic E-state index is -0.0332. The van der Waals surface area contributed by atoms with Crippen molar-refractivity contribution in [2.45, 2.75) is 26.3 Å². The van der Waals surface area contributed by atoms with Gasteiger partial charge in [0, 0.05) is 37.3 Å². The molecule has 1 atom stereocenters. The van der Waals surface area contributed by atoms with Crippen molar-refractivity contribution in [3.63, 3.8) is 0 Å². The van der Waals surface area contributed by atoms with Crippen molar-refractivity contribution in [3.8, 4) is 0 Å². The van der Waals surface area contributed by atoms with Crippen molar-refractivity contribution >= 4 is 23.2 Å². The predicted molar refractivity (Wildman–Crippen MR) is 82.2 cm³/mol. The first kappa shape index (κ1) is 15.8. The number of nitrogens with one attached hydrogen (secondary N) is 1. The third-order valence-corrected chi connectivity index (χ3v) is 3.41. The Kier molecular flexibility index (Phi) is 6.16. The molecule has 0 saturated heterocycles. The molecule has 0 aliphatic rings. The van der Waals surface area contributed by atoms with Gasteiger partial charge in [-0.2, -0.15) is 0 Å². The van der Waals surface area contributed by atoms with Gasteiger partial charge in [-0.05, 0) is 36.6 Å². The van der Waals surface area contributed by atoms with Crippen LogP contribution in [0.2, 0.25) is 0 Å². The first-order chi connectivity index (χ1) is 8.95. The summed E-state index contributed by atoms with van der Waals surface area (Å²) in [5.41, 5.74) is 1.77. The number of hydrogen-bond donors (Lipinski definition) is 1. The zero-order valence-corrected chi connectivity index (χ0v) is 12.9. The van der Waals surface area contributed by atoms with Crippen molar-refractivity contribution < 1.29 is 4.79 Å². The summed E-state index contributed by atoms with van der Waals surface area (Å²) in [6.45, 7) is 4.18. The van der Waals surface area contributed by atoms with Gasteiger partial charge < -0.3 is 10.2 Å². The van der Waals surface area contributed by atoms with Crippen LogP contribution in [0.5, 0.6) is 0 Å². The highest BCUT2D eigenvalue weighted by molar-refractivity contribution is 6.17. The molecule has 0 spiro atoms. The second-order valence-electron chi connectivity index (χ2n) is 5.24. The number of carbonyl (C=O) groups excluding carboxylic acids is 1. The summed E-state index contributed by atoms with van der Waals surface area (Å²) in [5.74, 6) is 0.903. The fourth-order valence-electron chi connectivity index (χ4n) is 1.85. The number of nitrogens with zero attached hydrogens (tertiary/aromatic N) is 1. The Hall–Kier alpha value is -1.22. The number of amides is 1. The van der Waals surface area contributed by atoms with Crippen molar-refractivity contribution in [2.75, 3.05) is 24.9 Å². The Morgan fingerprint density at radius 3 is 2.26 bits per heavy atom. The fourth-order valence-corrected chi connectivity index (χ4v) is 2.09. The average Bonchev–Trinajstić information content (AvgIpc) is 2.38. The summed E-state index contributed by atoms with van der Waals surface area (Å²) in [6, 6.07) is 7.71. The summed E-state index contributed by atoms with van der Waals surface area (Å²) in [7, 11) is 3.95. The topological polar surface area (TPSA) is 32.3 Å². The quantitative estimate of drug-likeness (QED) is 0.813. The molecule has 0 radical (unpaired) electrons. The molecule has 1 rings (SSSR count). The highest BCUT2D eigenvalue weighted by atomic mass is 35.5. The number of anilines is 1. The van der Waals surface area contributed by atoms with E-state index in [1.165, 1.54) is 0 Å². The molecule has 106 valence electrons. The highest BCUT2D eigenvalue weighted by Gasteiger charge is 2.16. The van der Waals surface area contributed by atoms with Gasteiger partial charge in [-0.25, -0.2) is 0 Å². The number of carbonyl (C=O) groups is 1. The fraction of sp³-hybridized carbons (Fsp3) is 0.533. The predicted octanol–water partition coefficient (Wildman–Crippen LogP) is 3.14. The molecule has 1 aromatic carbocycles. The smallest absolute Gasteiger partial charge is 0.251 e. The molecule has 1 amide bonds. The van der Waals surface area contributed by atoms with Gasteiger partial charge in [-0.1, -0.05) is 13.8 Å². The molecule has 0 bridgehead atoms. The van der Waals surface area contributed by atoms with Crippen LogP contribution in [0.1, 0.15) is 30.6 Å². The van der Waals surface area contributed by atoms with Crippen LogP contribution in [0.15, 0.2) is 24.3 Å². The monoisotopic (exact) mass is 282 g/mol. The van der Waals surface area contributed by atoms with Crippen molar-refractivity contribution in [2.24, 2.45) is 5.92 Å². The molecule has 3 nitrogen and oxygen atoms in total. The van der Waals surface area contributed by atoms with Crippen LogP contribution in [0.25, 0.3) is 0 Å². The molecule has 1 N–H and O–H groups in total. The van der Waals surface area contributed by atoms with Gasteiger partial charge in [-0.3, -0.25) is 4.79 Å². The number of benzene rings is 1. The Bertz CT molecular complexity index is 401. The lowest BCUT2D eigenvalue weighted by atomic mass is 10.0. The van der Waals surface area contributed by atoms with E-state index in [4.69, 9.17) is 11.6 Å². The number of halogens is 1. The summed E-state index contributed by atoms with van der Waals surface area (Å²) >= 11 is 5.77. The molecule has 0 saturated carbocycles. The van der Waals surface area contributed by atoms with Gasteiger partial charge in [0.2, 0.25) is 0 Å². The first-order valence-corrected chi connectivity index (χ1v) is 7.13. The standard InChI is InChI=1S/C15H23ClN2O/c1-11(2)14(9-10-16)17-15(19)12-5-7-13(8-6-12)18(3)4/h5-8,11,14H,9-10H2,1-4H3,(H,17,19). The van der Waals surface area contributed by atoms with E-state index in [2.05, 4.69) is 19.2 Å². The Labute approximate surface area is 120 Å². The molecule has 0 aliphatic heterocycles. The Balaban J connectivity index is 2.71. The summed E-state index contributed by atoms with van der Waals surface area (Å²) < 4.78 is 0. The maximum Gasteiger partial charge on any atom is 0.251 e. The molecular weight excluding hydrogens is 260 g/mol. The van der Waals surface area contributed by atoms with E-state index < -0.39 is 0 Å². The van der Waals surface area contributed by atoms with Crippen LogP contribution in [0.4, 0.5) is 5.69 Å². The largest absolute Gasteiger partial charge is 0.378 e. The molecule has 0 fully saturated rings. The summed E-state index contributed by atoms with van der Waals surface area (Å²) in [6.07, 6.45) is 0.792. The third kappa shape index (κ3) is 4.75. The SMILES string of the molecule is CC(C)C(CCCl)NC(=O)c1ccc(N(C)C)cc1. The summed E-state index contributed by atoms with van der Waals surface area (Å²) in [5, 5.41) is 3.05. The van der Waals surface area contributed by atoms with Crippen molar-refractivity contribution in [3.05, 3.63) is 29.8 Å². The van der Waals surface area contributed by atoms with E-state index >= 15 is 0 Å². The van der Waals surface area contributed by atoms with E-state index in [1.807, 2.05) is 43.3 Å². The van der Waals surface area contributed by atoms with Gasteiger partial charge in [0.05, 0.1) is 0 Å². The highest BCUT2D eigenvalue weighted by Crippen LogP contribution is 2.13. The second-order valence-corrected chi connectivity index (χ2v) is 5.62. The Morgan fingerprint density at radius 1 is 1.26 bits per heavy atom. The third-order valence-electron chi connectivity index (χ3n) is 3.19. The molecular formula is C15H23ClN2O. The maximum atomic E-state index is 12.1. The van der Waals surface area contributed by atoms with Crippen LogP contribution < -0.4 is 10.2 Å². The number of hydrogen-bond acceptors (Lipinski definition) is 2. The van der Waals surface area contributed by atoms with Crippen LogP contribution in [-0.2, 0) is 0 Å². The van der Waals surface area contributed by atoms with Crippen molar-refractivity contribution in [1.82, 2.24) is 5.32 Å². The Morgan fingerprint density at radius 2 is 1.84 bits per heavy atom. The molecule has 19 heavy (non-hydrogen) atoms. The zero-order valence-electron chi connectivity index (χ0n) is 12.1. The summed E-state index contributed by atoms with van der Waals surface area (Å²) in [4.78, 5) is 14.2. The lowest BCUT2D eigenvalue weighted by Gasteiger charge is -2.21. The minimum absolute atomic E-state index is 0.0332. The molecule has 1 aromatic rings.